The lowest BCUT2D eigenvalue weighted by molar-refractivity contribution is -0.132. The van der Waals surface area contributed by atoms with Crippen molar-refractivity contribution in [1.29, 1.82) is 0 Å². The van der Waals surface area contributed by atoms with Gasteiger partial charge in [-0.05, 0) is 42.7 Å². The van der Waals surface area contributed by atoms with Crippen molar-refractivity contribution in [2.45, 2.75) is 51.5 Å². The molecule has 3 heterocycles. The molecular formula is C26H28N6O2. The zero-order valence-electron chi connectivity index (χ0n) is 19.1. The molecule has 0 saturated carbocycles. The van der Waals surface area contributed by atoms with Crippen molar-refractivity contribution < 1.29 is 9.59 Å². The number of aromatic nitrogens is 3. The van der Waals surface area contributed by atoms with E-state index in [1.54, 1.807) is 0 Å². The molecule has 2 amide bonds. The minimum absolute atomic E-state index is 0.116. The van der Waals surface area contributed by atoms with Gasteiger partial charge >= 0.3 is 0 Å². The summed E-state index contributed by atoms with van der Waals surface area (Å²) in [7, 11) is 0. The number of hydrogen-bond donors (Lipinski definition) is 1. The fourth-order valence-corrected chi connectivity index (χ4v) is 4.44. The van der Waals surface area contributed by atoms with E-state index in [2.05, 4.69) is 25.2 Å². The number of rotatable bonds is 6. The summed E-state index contributed by atoms with van der Waals surface area (Å²) in [6.07, 6.45) is 5.45. The molecule has 0 unspecified atom stereocenters. The topological polar surface area (TPSA) is 92.5 Å². The second kappa shape index (κ2) is 9.99. The quantitative estimate of drug-likeness (QED) is 0.606. The Hall–Kier alpha value is -3.81. The number of anilines is 1. The number of nitrogens with zero attached hydrogens (tertiary/aromatic N) is 5. The maximum atomic E-state index is 12.5. The first-order valence-electron chi connectivity index (χ1n) is 11.9. The lowest BCUT2D eigenvalue weighted by atomic mass is 10.1. The van der Waals surface area contributed by atoms with Crippen LogP contribution < -0.4 is 5.32 Å². The summed E-state index contributed by atoms with van der Waals surface area (Å²) in [5.41, 5.74) is 3.61. The number of benzene rings is 2. The number of nitrogens with one attached hydrogen (secondary N) is 1. The zero-order chi connectivity index (χ0) is 23.3. The minimum atomic E-state index is -0.191. The average Bonchev–Trinajstić information content (AvgIpc) is 3.46. The van der Waals surface area contributed by atoms with E-state index in [0.717, 1.165) is 60.7 Å². The molecule has 5 rings (SSSR count). The SMILES string of the molecule is O=C(CCC(=O)N1CCC(c2ccccc2)=N1)Nc1ccc(-c2nnc3n2CCCCC3)cc1. The minimum Gasteiger partial charge on any atom is -0.326 e. The highest BCUT2D eigenvalue weighted by molar-refractivity contribution is 6.02. The van der Waals surface area contributed by atoms with Gasteiger partial charge in [-0.15, -0.1) is 10.2 Å². The Morgan fingerprint density at radius 2 is 1.65 bits per heavy atom. The van der Waals surface area contributed by atoms with Crippen LogP contribution in [0.5, 0.6) is 0 Å². The molecular weight excluding hydrogens is 428 g/mol. The lowest BCUT2D eigenvalue weighted by Gasteiger charge is -2.11. The molecule has 1 N–H and O–H groups in total. The van der Waals surface area contributed by atoms with Crippen LogP contribution in [0.1, 0.15) is 49.9 Å². The van der Waals surface area contributed by atoms with Gasteiger partial charge in [-0.3, -0.25) is 9.59 Å². The predicted molar refractivity (Wildman–Crippen MR) is 130 cm³/mol. The molecule has 3 aromatic rings. The number of aryl methyl sites for hydroxylation is 1. The van der Waals surface area contributed by atoms with Crippen LogP contribution in [-0.4, -0.2) is 43.8 Å². The lowest BCUT2D eigenvalue weighted by Crippen LogP contribution is -2.24. The molecule has 0 fully saturated rings. The molecule has 174 valence electrons. The van der Waals surface area contributed by atoms with Crippen LogP contribution in [0.15, 0.2) is 59.7 Å². The summed E-state index contributed by atoms with van der Waals surface area (Å²) < 4.78 is 2.20. The summed E-state index contributed by atoms with van der Waals surface area (Å²) in [6, 6.07) is 17.5. The molecule has 0 spiro atoms. The number of amides is 2. The molecule has 0 aliphatic carbocycles. The Kier molecular flexibility index (Phi) is 6.46. The van der Waals surface area contributed by atoms with E-state index in [1.165, 1.54) is 11.4 Å². The fourth-order valence-electron chi connectivity index (χ4n) is 4.44. The Balaban J connectivity index is 1.14. The van der Waals surface area contributed by atoms with Crippen molar-refractivity contribution in [3.8, 4) is 11.4 Å². The highest BCUT2D eigenvalue weighted by atomic mass is 16.2. The second-order valence-electron chi connectivity index (χ2n) is 8.71. The zero-order valence-corrected chi connectivity index (χ0v) is 19.1. The smallest absolute Gasteiger partial charge is 0.243 e. The summed E-state index contributed by atoms with van der Waals surface area (Å²) in [6.45, 7) is 1.50. The third kappa shape index (κ3) is 4.90. The van der Waals surface area contributed by atoms with Crippen LogP contribution in [0.3, 0.4) is 0 Å². The van der Waals surface area contributed by atoms with Crippen molar-refractivity contribution in [3.63, 3.8) is 0 Å². The van der Waals surface area contributed by atoms with Crippen molar-refractivity contribution in [2.24, 2.45) is 5.10 Å². The normalized spacial score (nSPS) is 15.4. The standard InChI is InChI=1S/C26H28N6O2/c33-24(14-15-25(34)32-18-16-22(30-32)19-7-3-1-4-8-19)27-21-12-10-20(11-13-21)26-29-28-23-9-5-2-6-17-31(23)26/h1,3-4,7-8,10-13H,2,5-6,9,14-18H2,(H,27,33). The Morgan fingerprint density at radius 3 is 2.47 bits per heavy atom. The third-order valence-corrected chi connectivity index (χ3v) is 6.30. The van der Waals surface area contributed by atoms with Gasteiger partial charge in [0.25, 0.3) is 0 Å². The molecule has 0 bridgehead atoms. The molecule has 34 heavy (non-hydrogen) atoms. The highest BCUT2D eigenvalue weighted by Crippen LogP contribution is 2.24. The number of hydrogen-bond acceptors (Lipinski definition) is 5. The Labute approximate surface area is 198 Å². The van der Waals surface area contributed by atoms with E-state index in [0.29, 0.717) is 12.2 Å². The maximum Gasteiger partial charge on any atom is 0.243 e. The van der Waals surface area contributed by atoms with E-state index in [1.807, 2.05) is 54.6 Å². The molecule has 2 aliphatic heterocycles. The predicted octanol–water partition coefficient (Wildman–Crippen LogP) is 4.03. The third-order valence-electron chi connectivity index (χ3n) is 6.30. The van der Waals surface area contributed by atoms with Gasteiger partial charge in [-0.2, -0.15) is 5.10 Å². The van der Waals surface area contributed by atoms with E-state index in [9.17, 15) is 9.59 Å². The first-order valence-corrected chi connectivity index (χ1v) is 11.9. The first-order chi connectivity index (χ1) is 16.7. The molecule has 0 saturated heterocycles. The van der Waals surface area contributed by atoms with Crippen LogP contribution in [0.25, 0.3) is 11.4 Å². The van der Waals surface area contributed by atoms with Crippen LogP contribution in [0, 0.1) is 0 Å². The molecule has 0 atom stereocenters. The maximum absolute atomic E-state index is 12.5. The molecule has 2 aliphatic rings. The number of carbonyl (C=O) groups is 2. The number of carbonyl (C=O) groups excluding carboxylic acids is 2. The summed E-state index contributed by atoms with van der Waals surface area (Å²) >= 11 is 0. The first kappa shape index (κ1) is 22.0. The molecule has 8 heteroatoms. The van der Waals surface area contributed by atoms with E-state index in [4.69, 9.17) is 0 Å². The average molecular weight is 457 g/mol. The van der Waals surface area contributed by atoms with E-state index < -0.39 is 0 Å². The van der Waals surface area contributed by atoms with Gasteiger partial charge in [0.1, 0.15) is 5.82 Å². The van der Waals surface area contributed by atoms with Crippen molar-refractivity contribution in [1.82, 2.24) is 19.8 Å². The molecule has 1 aromatic heterocycles. The van der Waals surface area contributed by atoms with Crippen LogP contribution in [-0.2, 0) is 22.6 Å². The monoisotopic (exact) mass is 456 g/mol. The van der Waals surface area contributed by atoms with Gasteiger partial charge in [-0.25, -0.2) is 5.01 Å². The van der Waals surface area contributed by atoms with Gasteiger partial charge in [0.2, 0.25) is 11.8 Å². The van der Waals surface area contributed by atoms with Crippen LogP contribution in [0.2, 0.25) is 0 Å². The summed E-state index contributed by atoms with van der Waals surface area (Å²) in [5.74, 6) is 1.60. The van der Waals surface area contributed by atoms with E-state index in [-0.39, 0.29) is 24.7 Å². The van der Waals surface area contributed by atoms with Crippen molar-refractivity contribution in [2.75, 3.05) is 11.9 Å². The molecule has 8 nitrogen and oxygen atoms in total. The molecule has 0 radical (unpaired) electrons. The summed E-state index contributed by atoms with van der Waals surface area (Å²) in [4.78, 5) is 24.9. The fraction of sp³-hybridized carbons (Fsp3) is 0.346. The Morgan fingerprint density at radius 1 is 0.824 bits per heavy atom. The van der Waals surface area contributed by atoms with Gasteiger partial charge in [-0.1, -0.05) is 36.8 Å². The number of fused-ring (bicyclic) bond motifs is 1. The Bertz CT molecular complexity index is 1200. The van der Waals surface area contributed by atoms with Crippen LogP contribution in [0.4, 0.5) is 5.69 Å². The molecule has 2 aromatic carbocycles. The largest absolute Gasteiger partial charge is 0.326 e. The van der Waals surface area contributed by atoms with Crippen LogP contribution >= 0.6 is 0 Å². The summed E-state index contributed by atoms with van der Waals surface area (Å²) in [5, 5.41) is 17.5. The second-order valence-corrected chi connectivity index (χ2v) is 8.71. The van der Waals surface area contributed by atoms with Gasteiger partial charge in [0.15, 0.2) is 5.82 Å². The van der Waals surface area contributed by atoms with E-state index >= 15 is 0 Å². The number of hydrazone groups is 1. The van der Waals surface area contributed by atoms with Gasteiger partial charge < -0.3 is 9.88 Å². The van der Waals surface area contributed by atoms with Crippen molar-refractivity contribution in [3.05, 3.63) is 66.0 Å². The van der Waals surface area contributed by atoms with Gasteiger partial charge in [0.05, 0.1) is 12.3 Å². The highest BCUT2D eigenvalue weighted by Gasteiger charge is 2.22. The van der Waals surface area contributed by atoms with Gasteiger partial charge in [0, 0.05) is 43.5 Å². The van der Waals surface area contributed by atoms with Crippen molar-refractivity contribution >= 4 is 23.2 Å².